The molecule has 3 rings (SSSR count). The van der Waals surface area contributed by atoms with E-state index in [1.807, 2.05) is 48.5 Å². The lowest BCUT2D eigenvalue weighted by atomic mass is 9.79. The number of hydroxylamine groups is 1. The molecule has 7 nitrogen and oxygen atoms in total. The zero-order valence-electron chi connectivity index (χ0n) is 19.1. The number of rotatable bonds is 11. The largest absolute Gasteiger partial charge is 0.342 e. The summed E-state index contributed by atoms with van der Waals surface area (Å²) in [5.41, 5.74) is 8.22. The maximum absolute atomic E-state index is 12.0. The van der Waals surface area contributed by atoms with E-state index in [4.69, 9.17) is 22.2 Å². The van der Waals surface area contributed by atoms with Crippen LogP contribution in [0.2, 0.25) is 5.02 Å². The van der Waals surface area contributed by atoms with Gasteiger partial charge in [-0.25, -0.2) is 0 Å². The van der Waals surface area contributed by atoms with Crippen LogP contribution in [0.1, 0.15) is 30.9 Å². The maximum Gasteiger partial charge on any atom is 0.238 e. The van der Waals surface area contributed by atoms with Crippen molar-refractivity contribution in [3.05, 3.63) is 64.7 Å². The topological polar surface area (TPSA) is 87.9 Å². The van der Waals surface area contributed by atoms with Gasteiger partial charge in [-0.05, 0) is 48.6 Å². The Kier molecular flexibility index (Phi) is 9.26. The molecule has 1 fully saturated rings. The lowest BCUT2D eigenvalue weighted by Crippen LogP contribution is -2.51. The molecule has 33 heavy (non-hydrogen) atoms. The molecule has 1 saturated heterocycles. The van der Waals surface area contributed by atoms with Crippen LogP contribution in [-0.4, -0.2) is 50.0 Å². The summed E-state index contributed by atoms with van der Waals surface area (Å²) in [7, 11) is 0. The van der Waals surface area contributed by atoms with Gasteiger partial charge in [0, 0.05) is 36.6 Å². The molecule has 3 N–H and O–H groups in total. The first kappa shape index (κ1) is 25.2. The number of nitrogens with two attached hydrogens (primary N) is 1. The first-order chi connectivity index (χ1) is 16.0. The molecule has 1 aliphatic heterocycles. The standard InChI is InChI=1S/C25H33ClN4O3/c1-2-20-7-9-22(10-8-20)30(19-31)33-18-25(11-13-29(14-12-25)24(32)15-27)17-28-16-21-5-3-4-6-23(21)26/h3-10,19,28H,2,11-18,27H2,1H3. The van der Waals surface area contributed by atoms with E-state index in [0.29, 0.717) is 44.9 Å². The second-order valence-corrected chi connectivity index (χ2v) is 8.91. The van der Waals surface area contributed by atoms with Crippen molar-refractivity contribution in [2.75, 3.05) is 37.8 Å². The molecule has 0 bridgehead atoms. The van der Waals surface area contributed by atoms with E-state index in [9.17, 15) is 9.59 Å². The lowest BCUT2D eigenvalue weighted by Gasteiger charge is -2.42. The number of aryl methyl sites for hydroxylation is 1. The third-order valence-electron chi connectivity index (χ3n) is 6.33. The Balaban J connectivity index is 1.67. The summed E-state index contributed by atoms with van der Waals surface area (Å²) in [6.07, 6.45) is 3.12. The van der Waals surface area contributed by atoms with Gasteiger partial charge >= 0.3 is 0 Å². The Labute approximate surface area is 200 Å². The molecule has 2 amide bonds. The Morgan fingerprint density at radius 2 is 1.91 bits per heavy atom. The minimum Gasteiger partial charge on any atom is -0.342 e. The molecule has 0 unspecified atom stereocenters. The summed E-state index contributed by atoms with van der Waals surface area (Å²) in [5, 5.41) is 5.52. The highest BCUT2D eigenvalue weighted by Gasteiger charge is 2.36. The van der Waals surface area contributed by atoms with Crippen LogP contribution in [0.5, 0.6) is 0 Å². The second kappa shape index (κ2) is 12.1. The third-order valence-corrected chi connectivity index (χ3v) is 6.70. The number of nitrogens with zero attached hydrogens (tertiary/aromatic N) is 2. The Morgan fingerprint density at radius 3 is 2.52 bits per heavy atom. The smallest absolute Gasteiger partial charge is 0.238 e. The number of piperidine rings is 1. The molecule has 0 radical (unpaired) electrons. The first-order valence-electron chi connectivity index (χ1n) is 11.4. The number of amides is 2. The number of benzene rings is 2. The van der Waals surface area contributed by atoms with E-state index in [1.165, 1.54) is 10.6 Å². The molecular weight excluding hydrogens is 440 g/mol. The van der Waals surface area contributed by atoms with E-state index >= 15 is 0 Å². The van der Waals surface area contributed by atoms with Gasteiger partial charge < -0.3 is 16.0 Å². The van der Waals surface area contributed by atoms with Crippen molar-refractivity contribution in [3.8, 4) is 0 Å². The van der Waals surface area contributed by atoms with Crippen LogP contribution < -0.4 is 16.1 Å². The van der Waals surface area contributed by atoms with Crippen molar-refractivity contribution in [3.63, 3.8) is 0 Å². The Bertz CT molecular complexity index is 914. The van der Waals surface area contributed by atoms with E-state index in [0.717, 1.165) is 29.8 Å². The SMILES string of the molecule is CCc1ccc(N(C=O)OCC2(CNCc3ccccc3Cl)CCN(C(=O)CN)CC2)cc1. The van der Waals surface area contributed by atoms with Crippen molar-refractivity contribution < 1.29 is 14.4 Å². The molecular formula is C25H33ClN4O3. The van der Waals surface area contributed by atoms with Crippen LogP contribution in [0.25, 0.3) is 0 Å². The average molecular weight is 473 g/mol. The van der Waals surface area contributed by atoms with Crippen LogP contribution in [0, 0.1) is 5.41 Å². The Morgan fingerprint density at radius 1 is 1.21 bits per heavy atom. The van der Waals surface area contributed by atoms with Gasteiger partial charge in [-0.1, -0.05) is 48.9 Å². The highest BCUT2D eigenvalue weighted by molar-refractivity contribution is 6.31. The predicted octanol–water partition coefficient (Wildman–Crippen LogP) is 3.15. The van der Waals surface area contributed by atoms with Crippen molar-refractivity contribution in [1.82, 2.24) is 10.2 Å². The highest BCUT2D eigenvalue weighted by atomic mass is 35.5. The van der Waals surface area contributed by atoms with Crippen molar-refractivity contribution >= 4 is 29.6 Å². The van der Waals surface area contributed by atoms with Gasteiger partial charge in [-0.3, -0.25) is 14.4 Å². The molecule has 0 saturated carbocycles. The molecule has 0 spiro atoms. The third kappa shape index (κ3) is 6.77. The van der Waals surface area contributed by atoms with E-state index < -0.39 is 0 Å². The molecule has 2 aromatic rings. The summed E-state index contributed by atoms with van der Waals surface area (Å²) in [6, 6.07) is 15.5. The summed E-state index contributed by atoms with van der Waals surface area (Å²) < 4.78 is 0. The van der Waals surface area contributed by atoms with E-state index in [-0.39, 0.29) is 17.9 Å². The number of hydrogen-bond acceptors (Lipinski definition) is 5. The van der Waals surface area contributed by atoms with Crippen LogP contribution in [-0.2, 0) is 27.4 Å². The average Bonchev–Trinajstić information content (AvgIpc) is 2.86. The van der Waals surface area contributed by atoms with Gasteiger partial charge in [0.25, 0.3) is 0 Å². The van der Waals surface area contributed by atoms with Crippen LogP contribution in [0.3, 0.4) is 0 Å². The zero-order valence-corrected chi connectivity index (χ0v) is 19.9. The quantitative estimate of drug-likeness (QED) is 0.387. The van der Waals surface area contributed by atoms with Crippen molar-refractivity contribution in [2.45, 2.75) is 32.7 Å². The maximum atomic E-state index is 12.0. The highest BCUT2D eigenvalue weighted by Crippen LogP contribution is 2.32. The fourth-order valence-corrected chi connectivity index (χ4v) is 4.29. The van der Waals surface area contributed by atoms with Gasteiger partial charge in [0.1, 0.15) is 0 Å². The number of carbonyl (C=O) groups excluding carboxylic acids is 2. The summed E-state index contributed by atoms with van der Waals surface area (Å²) in [6.45, 7) is 4.97. The summed E-state index contributed by atoms with van der Waals surface area (Å²) in [4.78, 5) is 31.6. The number of hydrogen-bond donors (Lipinski definition) is 2. The van der Waals surface area contributed by atoms with Gasteiger partial charge in [-0.2, -0.15) is 5.06 Å². The van der Waals surface area contributed by atoms with Gasteiger partial charge in [0.05, 0.1) is 18.8 Å². The normalized spacial score (nSPS) is 15.3. The Hall–Kier alpha value is -2.45. The van der Waals surface area contributed by atoms with Crippen LogP contribution in [0.4, 0.5) is 5.69 Å². The molecule has 8 heteroatoms. The lowest BCUT2D eigenvalue weighted by molar-refractivity contribution is -0.133. The summed E-state index contributed by atoms with van der Waals surface area (Å²) in [5.74, 6) is -0.0425. The number of halogens is 1. The van der Waals surface area contributed by atoms with Crippen LogP contribution >= 0.6 is 11.6 Å². The van der Waals surface area contributed by atoms with E-state index in [2.05, 4.69) is 12.2 Å². The zero-order chi connectivity index (χ0) is 23.7. The van der Waals surface area contributed by atoms with Crippen LogP contribution in [0.15, 0.2) is 48.5 Å². The second-order valence-electron chi connectivity index (χ2n) is 8.50. The van der Waals surface area contributed by atoms with Gasteiger partial charge in [0.2, 0.25) is 12.3 Å². The van der Waals surface area contributed by atoms with Gasteiger partial charge in [0.15, 0.2) is 0 Å². The molecule has 178 valence electrons. The molecule has 0 atom stereocenters. The molecule has 2 aromatic carbocycles. The molecule has 0 aliphatic carbocycles. The number of nitrogens with one attached hydrogen (secondary N) is 1. The van der Waals surface area contributed by atoms with Gasteiger partial charge in [-0.15, -0.1) is 0 Å². The first-order valence-corrected chi connectivity index (χ1v) is 11.8. The number of likely N-dealkylation sites (tertiary alicyclic amines) is 1. The van der Waals surface area contributed by atoms with Crippen molar-refractivity contribution in [2.24, 2.45) is 11.1 Å². The predicted molar refractivity (Wildman–Crippen MR) is 131 cm³/mol. The molecule has 1 aliphatic rings. The minimum absolute atomic E-state index is 0.0148. The summed E-state index contributed by atoms with van der Waals surface area (Å²) >= 11 is 6.30. The monoisotopic (exact) mass is 472 g/mol. The minimum atomic E-state index is -0.239. The molecule has 0 aromatic heterocycles. The fourth-order valence-electron chi connectivity index (χ4n) is 4.09. The van der Waals surface area contributed by atoms with E-state index in [1.54, 1.807) is 4.90 Å². The number of anilines is 1. The molecule has 1 heterocycles. The van der Waals surface area contributed by atoms with Crippen molar-refractivity contribution in [1.29, 1.82) is 0 Å². The fraction of sp³-hybridized carbons (Fsp3) is 0.440. The number of carbonyl (C=O) groups is 2.